The summed E-state index contributed by atoms with van der Waals surface area (Å²) in [4.78, 5) is 11.5. The lowest BCUT2D eigenvalue weighted by molar-refractivity contribution is -0.147. The third kappa shape index (κ3) is 1.99. The van der Waals surface area contributed by atoms with Crippen molar-refractivity contribution in [1.29, 1.82) is 0 Å². The van der Waals surface area contributed by atoms with Crippen molar-refractivity contribution in [2.45, 2.75) is 52.6 Å². The maximum absolute atomic E-state index is 11.5. The van der Waals surface area contributed by atoms with E-state index in [1.54, 1.807) is 0 Å². The smallest absolute Gasteiger partial charge is 0.307 e. The summed E-state index contributed by atoms with van der Waals surface area (Å²) in [5.41, 5.74) is 0.776. The van der Waals surface area contributed by atoms with E-state index in [9.17, 15) is 15.0 Å². The molecular formula is C15H24O3. The average Bonchev–Trinajstić information content (AvgIpc) is 2.63. The Morgan fingerprint density at radius 2 is 2.11 bits per heavy atom. The lowest BCUT2D eigenvalue weighted by Gasteiger charge is -2.44. The quantitative estimate of drug-likeness (QED) is 0.743. The number of carboxylic acid groups (broad SMARTS) is 1. The van der Waals surface area contributed by atoms with Gasteiger partial charge in [-0.15, -0.1) is 0 Å². The van der Waals surface area contributed by atoms with Crippen molar-refractivity contribution in [3.05, 3.63) is 11.6 Å². The molecule has 102 valence electrons. The topological polar surface area (TPSA) is 57.5 Å². The minimum atomic E-state index is -0.682. The molecule has 0 heterocycles. The lowest BCUT2D eigenvalue weighted by atomic mass is 9.60. The molecule has 3 nitrogen and oxygen atoms in total. The average molecular weight is 252 g/mol. The van der Waals surface area contributed by atoms with E-state index < -0.39 is 12.1 Å². The summed E-state index contributed by atoms with van der Waals surface area (Å²) in [6.45, 7) is 6.29. The van der Waals surface area contributed by atoms with Crippen LogP contribution in [0.3, 0.4) is 0 Å². The summed E-state index contributed by atoms with van der Waals surface area (Å²) in [7, 11) is 0. The Hall–Kier alpha value is -0.830. The van der Waals surface area contributed by atoms with Crippen molar-refractivity contribution >= 4 is 5.97 Å². The first-order chi connectivity index (χ1) is 8.38. The molecule has 1 fully saturated rings. The molecule has 0 saturated heterocycles. The molecular weight excluding hydrogens is 228 g/mol. The second-order valence-corrected chi connectivity index (χ2v) is 6.42. The predicted octanol–water partition coefficient (Wildman–Crippen LogP) is 2.84. The highest BCUT2D eigenvalue weighted by molar-refractivity contribution is 5.72. The molecule has 0 aromatic carbocycles. The lowest BCUT2D eigenvalue weighted by Crippen LogP contribution is -2.43. The fourth-order valence-corrected chi connectivity index (χ4v) is 4.22. The normalized spacial score (nSPS) is 40.3. The Kier molecular flexibility index (Phi) is 3.54. The van der Waals surface area contributed by atoms with Crippen LogP contribution < -0.4 is 0 Å². The first-order valence-electron chi connectivity index (χ1n) is 6.96. The summed E-state index contributed by atoms with van der Waals surface area (Å²) in [5.74, 6) is -0.0758. The third-order valence-corrected chi connectivity index (χ3v) is 5.20. The van der Waals surface area contributed by atoms with Crippen LogP contribution in [0.4, 0.5) is 0 Å². The number of aliphatic carboxylic acids is 1. The highest BCUT2D eigenvalue weighted by Crippen LogP contribution is 2.58. The monoisotopic (exact) mass is 252 g/mol. The maximum Gasteiger partial charge on any atom is 0.307 e. The number of allylic oxidation sites excluding steroid dienone is 1. The van der Waals surface area contributed by atoms with Crippen molar-refractivity contribution in [3.8, 4) is 0 Å². The number of hydrogen-bond donors (Lipinski definition) is 2. The van der Waals surface area contributed by atoms with Crippen LogP contribution in [-0.2, 0) is 4.79 Å². The van der Waals surface area contributed by atoms with Gasteiger partial charge in [0.05, 0.1) is 12.0 Å². The van der Waals surface area contributed by atoms with Gasteiger partial charge in [-0.25, -0.2) is 0 Å². The summed E-state index contributed by atoms with van der Waals surface area (Å²) in [5, 5.41) is 19.6. The van der Waals surface area contributed by atoms with Crippen LogP contribution in [0.25, 0.3) is 0 Å². The second kappa shape index (κ2) is 4.69. The van der Waals surface area contributed by atoms with Gasteiger partial charge in [-0.2, -0.15) is 0 Å². The molecule has 1 spiro atoms. The van der Waals surface area contributed by atoms with Crippen molar-refractivity contribution < 1.29 is 15.0 Å². The molecule has 2 aliphatic rings. The molecule has 0 amide bonds. The first kappa shape index (κ1) is 13.6. The highest BCUT2D eigenvalue weighted by atomic mass is 16.4. The fraction of sp³-hybridized carbons (Fsp3) is 0.800. The molecule has 0 radical (unpaired) electrons. The molecule has 2 rings (SSSR count). The van der Waals surface area contributed by atoms with Crippen LogP contribution in [0.1, 0.15) is 46.5 Å². The SMILES string of the molecule is CC1=CC[C@@]2(C[C@H]1O)[C@@H](C(C)C)CC[C@H]2C(=O)O. The van der Waals surface area contributed by atoms with Crippen LogP contribution in [0, 0.1) is 23.2 Å². The number of rotatable bonds is 2. The number of aliphatic hydroxyl groups is 1. The summed E-state index contributed by atoms with van der Waals surface area (Å²) in [6.07, 6.45) is 4.78. The van der Waals surface area contributed by atoms with Gasteiger partial charge < -0.3 is 10.2 Å². The Bertz CT molecular complexity index is 372. The van der Waals surface area contributed by atoms with Crippen LogP contribution in [0.2, 0.25) is 0 Å². The van der Waals surface area contributed by atoms with E-state index in [4.69, 9.17) is 0 Å². The zero-order valence-electron chi connectivity index (χ0n) is 11.5. The van der Waals surface area contributed by atoms with E-state index in [1.165, 1.54) is 0 Å². The second-order valence-electron chi connectivity index (χ2n) is 6.42. The predicted molar refractivity (Wildman–Crippen MR) is 70.1 cm³/mol. The largest absolute Gasteiger partial charge is 0.481 e. The van der Waals surface area contributed by atoms with E-state index in [1.807, 2.05) is 6.92 Å². The zero-order valence-corrected chi connectivity index (χ0v) is 11.5. The number of carboxylic acids is 1. The molecule has 0 aliphatic heterocycles. The fourth-order valence-electron chi connectivity index (χ4n) is 4.22. The van der Waals surface area contributed by atoms with E-state index >= 15 is 0 Å². The number of aliphatic hydroxyl groups excluding tert-OH is 1. The van der Waals surface area contributed by atoms with E-state index in [2.05, 4.69) is 19.9 Å². The molecule has 4 atom stereocenters. The molecule has 0 bridgehead atoms. The molecule has 3 heteroatoms. The van der Waals surface area contributed by atoms with Crippen LogP contribution in [0.15, 0.2) is 11.6 Å². The van der Waals surface area contributed by atoms with Gasteiger partial charge in [0.15, 0.2) is 0 Å². The van der Waals surface area contributed by atoms with Crippen LogP contribution in [0.5, 0.6) is 0 Å². The third-order valence-electron chi connectivity index (χ3n) is 5.20. The Labute approximate surface area is 109 Å². The van der Waals surface area contributed by atoms with Gasteiger partial charge >= 0.3 is 5.97 Å². The molecule has 0 unspecified atom stereocenters. The van der Waals surface area contributed by atoms with Gasteiger partial charge in [0.2, 0.25) is 0 Å². The minimum absolute atomic E-state index is 0.223. The maximum atomic E-state index is 11.5. The molecule has 2 N–H and O–H groups in total. The van der Waals surface area contributed by atoms with Crippen molar-refractivity contribution in [1.82, 2.24) is 0 Å². The van der Waals surface area contributed by atoms with Crippen LogP contribution in [-0.4, -0.2) is 22.3 Å². The summed E-state index contributed by atoms with van der Waals surface area (Å²) >= 11 is 0. The van der Waals surface area contributed by atoms with E-state index in [0.717, 1.165) is 24.8 Å². The molecule has 18 heavy (non-hydrogen) atoms. The Morgan fingerprint density at radius 1 is 1.44 bits per heavy atom. The van der Waals surface area contributed by atoms with Gasteiger partial charge in [0.1, 0.15) is 0 Å². The van der Waals surface area contributed by atoms with Gasteiger partial charge in [0, 0.05) is 0 Å². The summed E-state index contributed by atoms with van der Waals surface area (Å²) in [6, 6.07) is 0. The van der Waals surface area contributed by atoms with Gasteiger partial charge in [-0.1, -0.05) is 19.9 Å². The number of carbonyl (C=O) groups is 1. The number of hydrogen-bond acceptors (Lipinski definition) is 2. The molecule has 2 aliphatic carbocycles. The standard InChI is InChI=1S/C15H24O3/c1-9(2)11-4-5-12(14(17)18)15(11)7-6-10(3)13(16)8-15/h6,9,11-13,16H,4-5,7-8H2,1-3H3,(H,17,18)/t11-,12+,13-,15-/m1/s1. The van der Waals surface area contributed by atoms with Crippen molar-refractivity contribution in [2.24, 2.45) is 23.2 Å². The Balaban J connectivity index is 2.37. The summed E-state index contributed by atoms with van der Waals surface area (Å²) < 4.78 is 0. The Morgan fingerprint density at radius 3 is 2.61 bits per heavy atom. The highest BCUT2D eigenvalue weighted by Gasteiger charge is 2.55. The van der Waals surface area contributed by atoms with E-state index in [0.29, 0.717) is 18.3 Å². The molecule has 0 aromatic heterocycles. The van der Waals surface area contributed by atoms with Gasteiger partial charge in [-0.05, 0) is 55.4 Å². The van der Waals surface area contributed by atoms with Gasteiger partial charge in [0.25, 0.3) is 0 Å². The van der Waals surface area contributed by atoms with E-state index in [-0.39, 0.29) is 11.3 Å². The van der Waals surface area contributed by atoms with Crippen LogP contribution >= 0.6 is 0 Å². The zero-order chi connectivity index (χ0) is 13.5. The first-order valence-corrected chi connectivity index (χ1v) is 6.96. The van der Waals surface area contributed by atoms with Gasteiger partial charge in [-0.3, -0.25) is 4.79 Å². The molecule has 1 saturated carbocycles. The van der Waals surface area contributed by atoms with Crippen molar-refractivity contribution in [3.63, 3.8) is 0 Å². The molecule has 0 aromatic rings. The van der Waals surface area contributed by atoms with Crippen molar-refractivity contribution in [2.75, 3.05) is 0 Å². The minimum Gasteiger partial charge on any atom is -0.481 e.